The van der Waals surface area contributed by atoms with Gasteiger partial charge in [0, 0.05) is 33.6 Å². The molecule has 1 fully saturated rings. The van der Waals surface area contributed by atoms with Crippen LogP contribution < -0.4 is 54.0 Å². The fourth-order valence-corrected chi connectivity index (χ4v) is 8.14. The predicted octanol–water partition coefficient (Wildman–Crippen LogP) is -1.03. The molecule has 0 aromatic heterocycles. The fraction of sp³-hybridized carbons (Fsp3) is 0.766. The van der Waals surface area contributed by atoms with Crippen molar-refractivity contribution in [3.63, 3.8) is 0 Å². The summed E-state index contributed by atoms with van der Waals surface area (Å²) in [5.41, 5.74) is 11.0. The second-order valence-corrected chi connectivity index (χ2v) is 19.8. The van der Waals surface area contributed by atoms with Gasteiger partial charge < -0.3 is 63.8 Å². The first-order valence-electron chi connectivity index (χ1n) is 24.8. The average Bonchev–Trinajstić information content (AvgIpc) is 3.80. The maximum atomic E-state index is 14.2. The zero-order chi connectivity index (χ0) is 54.0. The Kier molecular flexibility index (Phi) is 29.5. The molecule has 0 aromatic rings. The third-order valence-electron chi connectivity index (χ3n) is 12.0. The number of hydrogen-bond donors (Lipinski definition) is 10. The number of rotatable bonds is 32. The first-order valence-corrected chi connectivity index (χ1v) is 26.2. The Hall–Kier alpha value is -5.68. The predicted molar refractivity (Wildman–Crippen MR) is 273 cm³/mol. The molecule has 0 radical (unpaired) electrons. The molecule has 0 spiro atoms. The van der Waals surface area contributed by atoms with Crippen molar-refractivity contribution in [2.45, 2.75) is 162 Å². The monoisotopic (exact) mass is 1020 g/mol. The lowest BCUT2D eigenvalue weighted by Gasteiger charge is -2.31. The number of amides is 10. The maximum Gasteiger partial charge on any atom is 0.245 e. The van der Waals surface area contributed by atoms with E-state index in [0.29, 0.717) is 50.9 Å². The number of nitrogens with one attached hydrogen (secondary N) is 8. The molecule has 12 N–H and O–H groups in total. The van der Waals surface area contributed by atoms with E-state index in [-0.39, 0.29) is 62.5 Å². The third-order valence-corrected chi connectivity index (χ3v) is 12.6. The fourth-order valence-electron chi connectivity index (χ4n) is 7.67. The zero-order valence-corrected chi connectivity index (χ0v) is 44.7. The lowest BCUT2D eigenvalue weighted by Crippen LogP contribution is -2.61. The van der Waals surface area contributed by atoms with Gasteiger partial charge in [-0.3, -0.25) is 52.9 Å². The normalized spacial score (nSPS) is 16.2. The van der Waals surface area contributed by atoms with Crippen LogP contribution in [-0.4, -0.2) is 169 Å². The third kappa shape index (κ3) is 23.0. The van der Waals surface area contributed by atoms with Crippen molar-refractivity contribution in [1.29, 1.82) is 0 Å². The topological polar surface area (TPSA) is 338 Å². The number of carbonyl (C=O) groups excluding carboxylic acids is 10. The average molecular weight is 1020 g/mol. The SMILES string of the molecule is CCC[C@H](NC(=O)[C@H](CCSC)NC(=O)[C@@H](CC(C)C)NC(=O)[C@@H](NC(=O)CNC(=O)CN(C)C(C)=O)C(C)C)C(=O)N[C@H](C(=O)N[C@@H](CCCN=C(N)N)C(=O)N1CCC[C@H]1C(=O)NCC)[C@@H](C)CC. The Labute approximate surface area is 424 Å². The van der Waals surface area contributed by atoms with Gasteiger partial charge in [-0.25, -0.2) is 0 Å². The Morgan fingerprint density at radius 1 is 0.718 bits per heavy atom. The molecular formula is C47H85N13O10S. The molecule has 1 heterocycles. The quantitative estimate of drug-likeness (QED) is 0.0219. The number of nitrogens with zero attached hydrogens (tertiary/aromatic N) is 3. The van der Waals surface area contributed by atoms with Gasteiger partial charge in [-0.05, 0) is 81.6 Å². The van der Waals surface area contributed by atoms with Gasteiger partial charge >= 0.3 is 0 Å². The van der Waals surface area contributed by atoms with Gasteiger partial charge in [-0.1, -0.05) is 61.3 Å². The zero-order valence-electron chi connectivity index (χ0n) is 43.9. The molecule has 0 saturated carbocycles. The van der Waals surface area contributed by atoms with E-state index in [9.17, 15) is 47.9 Å². The molecule has 1 rings (SSSR count). The summed E-state index contributed by atoms with van der Waals surface area (Å²) in [6.07, 6.45) is 4.77. The smallest absolute Gasteiger partial charge is 0.245 e. The summed E-state index contributed by atoms with van der Waals surface area (Å²) in [6.45, 7) is 15.8. The second-order valence-electron chi connectivity index (χ2n) is 18.8. The highest BCUT2D eigenvalue weighted by Gasteiger charge is 2.39. The molecule has 0 aromatic carbocycles. The molecule has 404 valence electrons. The van der Waals surface area contributed by atoms with Crippen molar-refractivity contribution in [3.8, 4) is 0 Å². The highest BCUT2D eigenvalue weighted by atomic mass is 32.2. The van der Waals surface area contributed by atoms with Crippen molar-refractivity contribution < 1.29 is 47.9 Å². The molecule has 0 unspecified atom stereocenters. The summed E-state index contributed by atoms with van der Waals surface area (Å²) in [5.74, 6) is -6.25. The van der Waals surface area contributed by atoms with Gasteiger partial charge in [0.25, 0.3) is 0 Å². The van der Waals surface area contributed by atoms with Crippen molar-refractivity contribution in [2.75, 3.05) is 51.8 Å². The number of thioether (sulfide) groups is 1. The molecule has 0 bridgehead atoms. The summed E-state index contributed by atoms with van der Waals surface area (Å²) in [6, 6.07) is -7.44. The number of hydrogen-bond acceptors (Lipinski definition) is 12. The minimum absolute atomic E-state index is 0.101. The second kappa shape index (κ2) is 33.1. The minimum Gasteiger partial charge on any atom is -0.370 e. The molecule has 1 aliphatic heterocycles. The Balaban J connectivity index is 3.33. The van der Waals surface area contributed by atoms with Gasteiger partial charge in [0.1, 0.15) is 42.3 Å². The first-order chi connectivity index (χ1) is 33.4. The lowest BCUT2D eigenvalue weighted by molar-refractivity contribution is -0.142. The van der Waals surface area contributed by atoms with Gasteiger partial charge in [-0.2, -0.15) is 11.8 Å². The summed E-state index contributed by atoms with van der Waals surface area (Å²) in [7, 11) is 1.44. The van der Waals surface area contributed by atoms with Crippen LogP contribution in [0.3, 0.4) is 0 Å². The summed E-state index contributed by atoms with van der Waals surface area (Å²) in [4.78, 5) is 140. The molecule has 10 amide bonds. The lowest BCUT2D eigenvalue weighted by atomic mass is 9.96. The molecule has 24 heteroatoms. The van der Waals surface area contributed by atoms with Gasteiger partial charge in [-0.15, -0.1) is 0 Å². The van der Waals surface area contributed by atoms with Crippen LogP contribution in [0.2, 0.25) is 0 Å². The first kappa shape index (κ1) is 63.3. The van der Waals surface area contributed by atoms with Crippen LogP contribution in [-0.2, 0) is 47.9 Å². The van der Waals surface area contributed by atoms with Crippen LogP contribution in [0, 0.1) is 17.8 Å². The van der Waals surface area contributed by atoms with Crippen LogP contribution in [0.4, 0.5) is 0 Å². The summed E-state index contributed by atoms with van der Waals surface area (Å²) in [5, 5.41) is 21.8. The highest BCUT2D eigenvalue weighted by Crippen LogP contribution is 2.21. The molecule has 71 heavy (non-hydrogen) atoms. The van der Waals surface area contributed by atoms with Gasteiger partial charge in [0.05, 0.1) is 13.1 Å². The Bertz CT molecular complexity index is 1830. The maximum absolute atomic E-state index is 14.2. The van der Waals surface area contributed by atoms with E-state index in [1.165, 1.54) is 35.5 Å². The van der Waals surface area contributed by atoms with Crippen molar-refractivity contribution in [2.24, 2.45) is 34.2 Å². The molecule has 1 saturated heterocycles. The van der Waals surface area contributed by atoms with E-state index in [1.807, 2.05) is 34.0 Å². The van der Waals surface area contributed by atoms with E-state index in [2.05, 4.69) is 47.5 Å². The molecule has 0 aliphatic carbocycles. The highest BCUT2D eigenvalue weighted by molar-refractivity contribution is 7.98. The van der Waals surface area contributed by atoms with E-state index < -0.39 is 108 Å². The number of aliphatic imine (C=N–C) groups is 1. The van der Waals surface area contributed by atoms with E-state index in [1.54, 1.807) is 27.7 Å². The molecule has 1 aliphatic rings. The largest absolute Gasteiger partial charge is 0.370 e. The number of guanidine groups is 1. The van der Waals surface area contributed by atoms with Gasteiger partial charge in [0.2, 0.25) is 59.1 Å². The Morgan fingerprint density at radius 3 is 1.85 bits per heavy atom. The van der Waals surface area contributed by atoms with E-state index in [4.69, 9.17) is 11.5 Å². The van der Waals surface area contributed by atoms with Crippen molar-refractivity contribution >= 4 is 76.8 Å². The van der Waals surface area contributed by atoms with Crippen LogP contribution in [0.15, 0.2) is 4.99 Å². The van der Waals surface area contributed by atoms with E-state index >= 15 is 0 Å². The number of carbonyl (C=O) groups is 10. The molecule has 8 atom stereocenters. The standard InChI is InChI=1S/C47H85N13O10S/c1-12-17-31(41(65)58-39(29(8)13-2)45(69)55-33(18-15-21-51-47(48)49)46(70)60-22-16-19-35(60)43(67)50-14-3)53-40(64)32(20-23-71-11)54-42(66)34(24-27(4)5)56-44(68)38(28(6)7)57-36(62)25-52-37(63)26-59(10)30(9)61/h27-29,31-35,38-39H,12-26H2,1-11H3,(H,50,67)(H,52,63)(H,53,64)(H,54,66)(H,55,69)(H,56,68)(H,57,62)(H,58,65)(H4,48,49,51)/t29-,31-,32-,33-,34+,35-,38-,39-/m0/s1. The summed E-state index contributed by atoms with van der Waals surface area (Å²) < 4.78 is 0. The van der Waals surface area contributed by atoms with Crippen molar-refractivity contribution in [1.82, 2.24) is 52.3 Å². The van der Waals surface area contributed by atoms with E-state index in [0.717, 1.165) is 0 Å². The number of likely N-dealkylation sites (tertiary alicyclic amines) is 1. The van der Waals surface area contributed by atoms with Gasteiger partial charge in [0.15, 0.2) is 5.96 Å². The Morgan fingerprint density at radius 2 is 1.30 bits per heavy atom. The van der Waals surface area contributed by atoms with Crippen molar-refractivity contribution in [3.05, 3.63) is 0 Å². The number of likely N-dealkylation sites (N-methyl/N-ethyl adjacent to an activating group) is 2. The molecular weight excluding hydrogens is 939 g/mol. The summed E-state index contributed by atoms with van der Waals surface area (Å²) >= 11 is 1.43. The number of nitrogens with two attached hydrogens (primary N) is 2. The van der Waals surface area contributed by atoms with Crippen LogP contribution in [0.25, 0.3) is 0 Å². The van der Waals surface area contributed by atoms with Crippen LogP contribution >= 0.6 is 11.8 Å². The van der Waals surface area contributed by atoms with Crippen LogP contribution in [0.1, 0.15) is 120 Å². The molecule has 23 nitrogen and oxygen atoms in total. The van der Waals surface area contributed by atoms with Crippen LogP contribution in [0.5, 0.6) is 0 Å². The minimum atomic E-state index is -1.15.